The van der Waals surface area contributed by atoms with Gasteiger partial charge in [-0.3, -0.25) is 4.79 Å². The van der Waals surface area contributed by atoms with Crippen LogP contribution in [0.25, 0.3) is 0 Å². The van der Waals surface area contributed by atoms with Crippen molar-refractivity contribution in [3.05, 3.63) is 53.1 Å². The van der Waals surface area contributed by atoms with Crippen molar-refractivity contribution in [1.82, 2.24) is 14.9 Å². The molecule has 0 unspecified atom stereocenters. The van der Waals surface area contributed by atoms with Crippen molar-refractivity contribution in [2.45, 2.75) is 19.5 Å². The summed E-state index contributed by atoms with van der Waals surface area (Å²) >= 11 is 5.94. The molecule has 2 aromatic rings. The van der Waals surface area contributed by atoms with Gasteiger partial charge in [0.05, 0.1) is 12.4 Å². The Morgan fingerprint density at radius 3 is 3.05 bits per heavy atom. The van der Waals surface area contributed by atoms with Crippen molar-refractivity contribution in [1.29, 1.82) is 0 Å². The summed E-state index contributed by atoms with van der Waals surface area (Å²) in [6.07, 6.45) is 3.29. The Balaban J connectivity index is 2.03. The van der Waals surface area contributed by atoms with Crippen LogP contribution in [0.4, 0.5) is 0 Å². The number of halogens is 1. The van der Waals surface area contributed by atoms with Gasteiger partial charge in [0.25, 0.3) is 5.91 Å². The molecule has 0 bridgehead atoms. The molecular weight excluding hydrogens is 276 g/mol. The molecule has 6 heteroatoms. The molecular formula is C14H17ClN4O. The predicted octanol–water partition coefficient (Wildman–Crippen LogP) is 1.99. The van der Waals surface area contributed by atoms with Crippen LogP contribution in [0.1, 0.15) is 29.0 Å². The smallest absolute Gasteiger partial charge is 0.271 e. The molecule has 1 aromatic heterocycles. The topological polar surface area (TPSA) is 72.9 Å². The number of hydrogen-bond acceptors (Lipinski definition) is 3. The van der Waals surface area contributed by atoms with Crippen molar-refractivity contribution in [2.75, 3.05) is 6.54 Å². The van der Waals surface area contributed by atoms with Crippen LogP contribution in [0.3, 0.4) is 0 Å². The summed E-state index contributed by atoms with van der Waals surface area (Å²) in [5, 5.41) is 3.54. The number of imidazole rings is 1. The Hall–Kier alpha value is -1.85. The number of hydrogen-bond donors (Lipinski definition) is 2. The minimum absolute atomic E-state index is 0.138. The minimum atomic E-state index is -0.215. The average molecular weight is 293 g/mol. The zero-order valence-corrected chi connectivity index (χ0v) is 12.0. The molecule has 0 aliphatic heterocycles. The first-order valence-electron chi connectivity index (χ1n) is 6.38. The fraction of sp³-hybridized carbons (Fsp3) is 0.286. The average Bonchev–Trinajstić information content (AvgIpc) is 2.88. The molecule has 20 heavy (non-hydrogen) atoms. The van der Waals surface area contributed by atoms with Crippen molar-refractivity contribution < 1.29 is 4.79 Å². The van der Waals surface area contributed by atoms with Crippen LogP contribution < -0.4 is 11.1 Å². The van der Waals surface area contributed by atoms with Crippen LogP contribution in [0.2, 0.25) is 5.02 Å². The second-order valence-corrected chi connectivity index (χ2v) is 4.97. The van der Waals surface area contributed by atoms with E-state index in [1.165, 1.54) is 0 Å². The molecule has 106 valence electrons. The lowest BCUT2D eigenvalue weighted by atomic mass is 10.1. The summed E-state index contributed by atoms with van der Waals surface area (Å²) in [4.78, 5) is 16.1. The lowest BCUT2D eigenvalue weighted by molar-refractivity contribution is 0.0935. The lowest BCUT2D eigenvalue weighted by Crippen LogP contribution is -2.26. The number of nitrogens with zero attached hydrogens (tertiary/aromatic N) is 2. The van der Waals surface area contributed by atoms with E-state index >= 15 is 0 Å². The normalized spacial score (nSPS) is 12.2. The quantitative estimate of drug-likeness (QED) is 0.885. The predicted molar refractivity (Wildman–Crippen MR) is 78.6 cm³/mol. The molecule has 1 heterocycles. The molecule has 5 nitrogen and oxygen atoms in total. The number of aromatic nitrogens is 2. The summed E-state index contributed by atoms with van der Waals surface area (Å²) < 4.78 is 1.79. The first-order valence-corrected chi connectivity index (χ1v) is 6.76. The van der Waals surface area contributed by atoms with Gasteiger partial charge in [-0.15, -0.1) is 0 Å². The third-order valence-electron chi connectivity index (χ3n) is 2.95. The molecule has 0 aliphatic rings. The highest BCUT2D eigenvalue weighted by atomic mass is 35.5. The lowest BCUT2D eigenvalue weighted by Gasteiger charge is -2.13. The van der Waals surface area contributed by atoms with E-state index in [1.807, 2.05) is 25.1 Å². The van der Waals surface area contributed by atoms with Gasteiger partial charge in [-0.1, -0.05) is 23.7 Å². The van der Waals surface area contributed by atoms with Crippen LogP contribution in [0, 0.1) is 0 Å². The Morgan fingerprint density at radius 1 is 1.55 bits per heavy atom. The van der Waals surface area contributed by atoms with E-state index in [-0.39, 0.29) is 11.9 Å². The largest absolute Gasteiger partial charge is 0.344 e. The van der Waals surface area contributed by atoms with Crippen LogP contribution in [-0.2, 0) is 6.54 Å². The number of amides is 1. The first kappa shape index (κ1) is 14.6. The fourth-order valence-corrected chi connectivity index (χ4v) is 2.08. The van der Waals surface area contributed by atoms with Crippen LogP contribution in [0.15, 0.2) is 36.8 Å². The van der Waals surface area contributed by atoms with Gasteiger partial charge in [-0.05, 0) is 24.6 Å². The minimum Gasteiger partial charge on any atom is -0.344 e. The van der Waals surface area contributed by atoms with Gasteiger partial charge in [0.1, 0.15) is 5.69 Å². The van der Waals surface area contributed by atoms with Gasteiger partial charge in [0, 0.05) is 24.3 Å². The Bertz CT molecular complexity index is 596. The number of carbonyl (C=O) groups is 1. The Kier molecular flexibility index (Phi) is 4.76. The van der Waals surface area contributed by atoms with Crippen LogP contribution in [0.5, 0.6) is 0 Å². The molecule has 1 atom stereocenters. The van der Waals surface area contributed by atoms with Crippen molar-refractivity contribution in [3.8, 4) is 0 Å². The highest BCUT2D eigenvalue weighted by molar-refractivity contribution is 6.30. The summed E-state index contributed by atoms with van der Waals surface area (Å²) in [7, 11) is 0. The Labute approximate surface area is 122 Å². The molecule has 1 aromatic carbocycles. The number of nitrogens with two attached hydrogens (primary N) is 1. The summed E-state index contributed by atoms with van der Waals surface area (Å²) in [6.45, 7) is 3.06. The first-order chi connectivity index (χ1) is 9.60. The van der Waals surface area contributed by atoms with Gasteiger partial charge in [0.15, 0.2) is 0 Å². The number of carbonyl (C=O) groups excluding carboxylic acids is 1. The van der Waals surface area contributed by atoms with Gasteiger partial charge < -0.3 is 15.6 Å². The van der Waals surface area contributed by atoms with Gasteiger partial charge in [-0.2, -0.15) is 0 Å². The summed E-state index contributed by atoms with van der Waals surface area (Å²) in [5.74, 6) is -0.215. The van der Waals surface area contributed by atoms with Crippen molar-refractivity contribution in [2.24, 2.45) is 5.73 Å². The number of nitrogens with one attached hydrogen (secondary N) is 1. The van der Waals surface area contributed by atoms with E-state index in [4.69, 9.17) is 17.3 Å². The highest BCUT2D eigenvalue weighted by Gasteiger charge is 2.13. The maximum Gasteiger partial charge on any atom is 0.271 e. The maximum absolute atomic E-state index is 12.1. The fourth-order valence-electron chi connectivity index (χ4n) is 1.88. The number of benzene rings is 1. The number of rotatable bonds is 5. The van der Waals surface area contributed by atoms with E-state index in [0.29, 0.717) is 23.8 Å². The van der Waals surface area contributed by atoms with E-state index in [2.05, 4.69) is 10.3 Å². The van der Waals surface area contributed by atoms with Gasteiger partial charge in [-0.25, -0.2) is 4.98 Å². The molecule has 0 saturated heterocycles. The Morgan fingerprint density at radius 2 is 2.35 bits per heavy atom. The molecule has 0 saturated carbocycles. The standard InChI is InChI=1S/C14H17ClN4O/c1-10(11-3-2-4-12(15)7-11)18-14(20)13-8-19(6-5-16)9-17-13/h2-4,7-10H,5-6,16H2,1H3,(H,18,20)/t10-/m0/s1. The van der Waals surface area contributed by atoms with Crippen LogP contribution in [-0.4, -0.2) is 22.0 Å². The summed E-state index contributed by atoms with van der Waals surface area (Å²) in [6, 6.07) is 7.27. The second-order valence-electron chi connectivity index (χ2n) is 4.54. The van der Waals surface area contributed by atoms with E-state index in [1.54, 1.807) is 23.2 Å². The third-order valence-corrected chi connectivity index (χ3v) is 3.18. The SMILES string of the molecule is C[C@H](NC(=O)c1cn(CCN)cn1)c1cccc(Cl)c1. The molecule has 0 aliphatic carbocycles. The molecule has 3 N–H and O–H groups in total. The van der Waals surface area contributed by atoms with Gasteiger partial charge >= 0.3 is 0 Å². The second kappa shape index (κ2) is 6.54. The van der Waals surface area contributed by atoms with Crippen molar-refractivity contribution in [3.63, 3.8) is 0 Å². The third kappa shape index (κ3) is 3.59. The maximum atomic E-state index is 12.1. The zero-order valence-electron chi connectivity index (χ0n) is 11.2. The molecule has 0 spiro atoms. The van der Waals surface area contributed by atoms with Crippen LogP contribution >= 0.6 is 11.6 Å². The van der Waals surface area contributed by atoms with Gasteiger partial charge in [0.2, 0.25) is 0 Å². The van der Waals surface area contributed by atoms with E-state index < -0.39 is 0 Å². The highest BCUT2D eigenvalue weighted by Crippen LogP contribution is 2.17. The van der Waals surface area contributed by atoms with Crippen molar-refractivity contribution >= 4 is 17.5 Å². The molecule has 1 amide bonds. The zero-order chi connectivity index (χ0) is 14.5. The molecule has 2 rings (SSSR count). The van der Waals surface area contributed by atoms with E-state index in [9.17, 15) is 4.79 Å². The summed E-state index contributed by atoms with van der Waals surface area (Å²) in [5.41, 5.74) is 6.79. The van der Waals surface area contributed by atoms with E-state index in [0.717, 1.165) is 5.56 Å². The monoisotopic (exact) mass is 292 g/mol. The molecule has 0 radical (unpaired) electrons. The molecule has 0 fully saturated rings.